The summed E-state index contributed by atoms with van der Waals surface area (Å²) in [5, 5.41) is 3.85. The van der Waals surface area contributed by atoms with E-state index in [0.717, 1.165) is 38.8 Å². The van der Waals surface area contributed by atoms with Gasteiger partial charge in [-0.25, -0.2) is 13.1 Å². The molecular formula is C12H26N2O2S2. The van der Waals surface area contributed by atoms with E-state index < -0.39 is 10.0 Å². The van der Waals surface area contributed by atoms with Gasteiger partial charge in [0.25, 0.3) is 0 Å². The zero-order chi connectivity index (χ0) is 13.4. The number of sulfonamides is 1. The molecule has 4 nitrogen and oxygen atoms in total. The van der Waals surface area contributed by atoms with Crippen LogP contribution in [-0.2, 0) is 10.0 Å². The Bertz CT molecular complexity index is 320. The molecule has 0 saturated heterocycles. The first kappa shape index (κ1) is 16.3. The Morgan fingerprint density at radius 1 is 1.28 bits per heavy atom. The van der Waals surface area contributed by atoms with Gasteiger partial charge < -0.3 is 5.32 Å². The van der Waals surface area contributed by atoms with Gasteiger partial charge in [0.15, 0.2) is 0 Å². The molecule has 1 aliphatic rings. The molecule has 0 aromatic carbocycles. The number of hydrogen-bond acceptors (Lipinski definition) is 4. The molecule has 0 aromatic rings. The fraction of sp³-hybridized carbons (Fsp3) is 1.00. The number of thioether (sulfide) groups is 1. The smallest absolute Gasteiger partial charge is 0.211 e. The second-order valence-electron chi connectivity index (χ2n) is 4.91. The van der Waals surface area contributed by atoms with E-state index in [1.807, 2.05) is 11.8 Å². The summed E-state index contributed by atoms with van der Waals surface area (Å²) in [5.74, 6) is 0.240. The molecule has 108 valence electrons. The maximum Gasteiger partial charge on any atom is 0.211 e. The minimum Gasteiger partial charge on any atom is -0.317 e. The molecule has 6 heteroatoms. The van der Waals surface area contributed by atoms with Crippen LogP contribution in [-0.4, -0.2) is 44.8 Å². The largest absolute Gasteiger partial charge is 0.317 e. The SMILES string of the molecule is CCCNCCCS(=O)(=O)NC1CCC(SC)C1. The van der Waals surface area contributed by atoms with Crippen LogP contribution < -0.4 is 10.0 Å². The van der Waals surface area contributed by atoms with Crippen LogP contribution in [0.25, 0.3) is 0 Å². The predicted molar refractivity (Wildman–Crippen MR) is 79.6 cm³/mol. The minimum absolute atomic E-state index is 0.163. The van der Waals surface area contributed by atoms with Gasteiger partial charge in [0, 0.05) is 11.3 Å². The number of rotatable bonds is 9. The first-order valence-electron chi connectivity index (χ1n) is 6.81. The van der Waals surface area contributed by atoms with Crippen LogP contribution in [0.1, 0.15) is 39.0 Å². The summed E-state index contributed by atoms with van der Waals surface area (Å²) >= 11 is 1.84. The second-order valence-corrected chi connectivity index (χ2v) is 7.92. The molecule has 2 atom stereocenters. The standard InChI is InChI=1S/C12H26N2O2S2/c1-3-7-13-8-4-9-18(15,16)14-11-5-6-12(10-11)17-2/h11-14H,3-10H2,1-2H3. The highest BCUT2D eigenvalue weighted by molar-refractivity contribution is 7.99. The van der Waals surface area contributed by atoms with Crippen LogP contribution >= 0.6 is 11.8 Å². The minimum atomic E-state index is -3.08. The van der Waals surface area contributed by atoms with Crippen LogP contribution in [0.2, 0.25) is 0 Å². The second kappa shape index (κ2) is 8.40. The lowest BCUT2D eigenvalue weighted by atomic mass is 10.3. The fourth-order valence-electron chi connectivity index (χ4n) is 2.26. The lowest BCUT2D eigenvalue weighted by molar-refractivity contribution is 0.548. The maximum absolute atomic E-state index is 11.9. The van der Waals surface area contributed by atoms with Crippen molar-refractivity contribution in [3.05, 3.63) is 0 Å². The summed E-state index contributed by atoms with van der Waals surface area (Å²) in [6.07, 6.45) is 6.97. The summed E-state index contributed by atoms with van der Waals surface area (Å²) in [5.41, 5.74) is 0. The molecule has 0 radical (unpaired) electrons. The predicted octanol–water partition coefficient (Wildman–Crippen LogP) is 1.58. The lowest BCUT2D eigenvalue weighted by Gasteiger charge is -2.13. The number of nitrogens with one attached hydrogen (secondary N) is 2. The van der Waals surface area contributed by atoms with E-state index in [2.05, 4.69) is 23.2 Å². The molecule has 1 fully saturated rings. The molecule has 1 rings (SSSR count). The Morgan fingerprint density at radius 3 is 2.67 bits per heavy atom. The van der Waals surface area contributed by atoms with Crippen LogP contribution in [0.15, 0.2) is 0 Å². The van der Waals surface area contributed by atoms with Crippen molar-refractivity contribution in [2.75, 3.05) is 25.1 Å². The van der Waals surface area contributed by atoms with E-state index in [9.17, 15) is 8.42 Å². The summed E-state index contributed by atoms with van der Waals surface area (Å²) in [7, 11) is -3.08. The summed E-state index contributed by atoms with van der Waals surface area (Å²) in [6, 6.07) is 0.163. The van der Waals surface area contributed by atoms with E-state index in [-0.39, 0.29) is 11.8 Å². The van der Waals surface area contributed by atoms with Gasteiger partial charge in [0.1, 0.15) is 0 Å². The summed E-state index contributed by atoms with van der Waals surface area (Å²) in [4.78, 5) is 0. The fourth-order valence-corrected chi connectivity index (χ4v) is 4.42. The van der Waals surface area contributed by atoms with Gasteiger partial charge in [-0.05, 0) is 51.4 Å². The first-order valence-corrected chi connectivity index (χ1v) is 9.75. The van der Waals surface area contributed by atoms with E-state index >= 15 is 0 Å². The van der Waals surface area contributed by atoms with Crippen LogP contribution in [0.3, 0.4) is 0 Å². The molecule has 2 unspecified atom stereocenters. The van der Waals surface area contributed by atoms with Crippen molar-refractivity contribution < 1.29 is 8.42 Å². The highest BCUT2D eigenvalue weighted by atomic mass is 32.2. The van der Waals surface area contributed by atoms with Crippen molar-refractivity contribution >= 4 is 21.8 Å². The molecule has 18 heavy (non-hydrogen) atoms. The van der Waals surface area contributed by atoms with Crippen molar-refractivity contribution in [2.24, 2.45) is 0 Å². The topological polar surface area (TPSA) is 58.2 Å². The van der Waals surface area contributed by atoms with Gasteiger partial charge >= 0.3 is 0 Å². The average molecular weight is 294 g/mol. The highest BCUT2D eigenvalue weighted by Gasteiger charge is 2.27. The molecular weight excluding hydrogens is 268 g/mol. The van der Waals surface area contributed by atoms with Gasteiger partial charge in [-0.1, -0.05) is 6.92 Å². The van der Waals surface area contributed by atoms with E-state index in [4.69, 9.17) is 0 Å². The molecule has 2 N–H and O–H groups in total. The van der Waals surface area contributed by atoms with Crippen molar-refractivity contribution in [1.82, 2.24) is 10.0 Å². The summed E-state index contributed by atoms with van der Waals surface area (Å²) < 4.78 is 26.6. The Morgan fingerprint density at radius 2 is 2.06 bits per heavy atom. The third-order valence-corrected chi connectivity index (χ3v) is 5.87. The van der Waals surface area contributed by atoms with Crippen LogP contribution in [0.4, 0.5) is 0 Å². The van der Waals surface area contributed by atoms with E-state index in [1.54, 1.807) is 0 Å². The molecule has 1 saturated carbocycles. The molecule has 0 aromatic heterocycles. The van der Waals surface area contributed by atoms with Gasteiger partial charge in [-0.3, -0.25) is 0 Å². The molecule has 0 spiro atoms. The molecule has 0 amide bonds. The maximum atomic E-state index is 11.9. The Labute approximate surface area is 116 Å². The van der Waals surface area contributed by atoms with Crippen LogP contribution in [0.5, 0.6) is 0 Å². The zero-order valence-electron chi connectivity index (χ0n) is 11.4. The molecule has 0 heterocycles. The molecule has 1 aliphatic carbocycles. The van der Waals surface area contributed by atoms with Crippen molar-refractivity contribution in [3.63, 3.8) is 0 Å². The Hall–Kier alpha value is 0.220. The first-order chi connectivity index (χ1) is 8.57. The Balaban J connectivity index is 2.19. The number of hydrogen-bond donors (Lipinski definition) is 2. The molecule has 0 aliphatic heterocycles. The zero-order valence-corrected chi connectivity index (χ0v) is 13.1. The van der Waals surface area contributed by atoms with Gasteiger partial charge in [0.05, 0.1) is 5.75 Å². The monoisotopic (exact) mass is 294 g/mol. The van der Waals surface area contributed by atoms with Gasteiger partial charge in [-0.15, -0.1) is 0 Å². The van der Waals surface area contributed by atoms with Crippen molar-refractivity contribution in [2.45, 2.75) is 50.3 Å². The summed E-state index contributed by atoms with van der Waals surface area (Å²) in [6.45, 7) is 3.85. The normalized spacial score (nSPS) is 24.6. The molecule has 0 bridgehead atoms. The highest BCUT2D eigenvalue weighted by Crippen LogP contribution is 2.28. The van der Waals surface area contributed by atoms with Gasteiger partial charge in [0.2, 0.25) is 10.0 Å². The van der Waals surface area contributed by atoms with Crippen molar-refractivity contribution in [1.29, 1.82) is 0 Å². The average Bonchev–Trinajstić information content (AvgIpc) is 2.75. The van der Waals surface area contributed by atoms with E-state index in [1.165, 1.54) is 0 Å². The lowest BCUT2D eigenvalue weighted by Crippen LogP contribution is -2.35. The van der Waals surface area contributed by atoms with Gasteiger partial charge in [-0.2, -0.15) is 11.8 Å². The van der Waals surface area contributed by atoms with Crippen molar-refractivity contribution in [3.8, 4) is 0 Å². The third kappa shape index (κ3) is 6.41. The quantitative estimate of drug-likeness (QED) is 0.634. The van der Waals surface area contributed by atoms with Crippen LogP contribution in [0, 0.1) is 0 Å². The van der Waals surface area contributed by atoms with E-state index in [0.29, 0.717) is 11.7 Å². The Kier molecular flexibility index (Phi) is 7.60. The third-order valence-electron chi connectivity index (χ3n) is 3.26.